The summed E-state index contributed by atoms with van der Waals surface area (Å²) in [6.07, 6.45) is 1.03. The van der Waals surface area contributed by atoms with Crippen molar-refractivity contribution in [1.82, 2.24) is 0 Å². The third kappa shape index (κ3) is 4.89. The third-order valence-corrected chi connectivity index (χ3v) is 4.77. The minimum absolute atomic E-state index is 0.230. The molecule has 0 fully saturated rings. The summed E-state index contributed by atoms with van der Waals surface area (Å²) in [6, 6.07) is 12.0. The van der Waals surface area contributed by atoms with Crippen LogP contribution in [0.2, 0.25) is 0 Å². The van der Waals surface area contributed by atoms with E-state index in [4.69, 9.17) is 9.47 Å². The Bertz CT molecular complexity index is 896. The first-order valence-corrected chi connectivity index (χ1v) is 9.65. The predicted octanol–water partition coefficient (Wildman–Crippen LogP) is 2.42. The van der Waals surface area contributed by atoms with Crippen molar-refractivity contribution < 1.29 is 22.7 Å². The number of benzene rings is 2. The molecular formula is C18H22N2O5S. The zero-order chi connectivity index (χ0) is 19.3. The molecular weight excluding hydrogens is 356 g/mol. The first kappa shape index (κ1) is 19.6. The van der Waals surface area contributed by atoms with E-state index in [0.717, 1.165) is 16.1 Å². The molecule has 0 aliphatic carbocycles. The number of carbonyl (C=O) groups is 1. The van der Waals surface area contributed by atoms with Crippen molar-refractivity contribution in [2.45, 2.75) is 6.92 Å². The first-order valence-electron chi connectivity index (χ1n) is 7.81. The van der Waals surface area contributed by atoms with Crippen LogP contribution in [0.15, 0.2) is 42.5 Å². The summed E-state index contributed by atoms with van der Waals surface area (Å²) in [6.45, 7) is 1.51. The standard InChI is InChI=1S/C18H22N2O5S/c1-13-6-5-7-14(10-13)19-18(21)12-20(26(4,22)23)16-11-15(24-2)8-9-17(16)25-3/h5-11H,12H2,1-4H3,(H,19,21). The zero-order valence-electron chi connectivity index (χ0n) is 15.1. The van der Waals surface area contributed by atoms with E-state index in [1.807, 2.05) is 19.1 Å². The van der Waals surface area contributed by atoms with E-state index in [2.05, 4.69) is 5.32 Å². The van der Waals surface area contributed by atoms with Crippen LogP contribution in [0.3, 0.4) is 0 Å². The summed E-state index contributed by atoms with van der Waals surface area (Å²) < 4.78 is 36.0. The zero-order valence-corrected chi connectivity index (χ0v) is 16.0. The predicted molar refractivity (Wildman–Crippen MR) is 102 cm³/mol. The number of hydrogen-bond acceptors (Lipinski definition) is 5. The third-order valence-electron chi connectivity index (χ3n) is 3.64. The maximum absolute atomic E-state index is 12.4. The smallest absolute Gasteiger partial charge is 0.245 e. The molecule has 0 heterocycles. The van der Waals surface area contributed by atoms with Crippen LogP contribution in [0, 0.1) is 6.92 Å². The lowest BCUT2D eigenvalue weighted by Gasteiger charge is -2.24. The molecule has 2 aromatic rings. The van der Waals surface area contributed by atoms with E-state index in [-0.39, 0.29) is 5.69 Å². The topological polar surface area (TPSA) is 84.9 Å². The maximum Gasteiger partial charge on any atom is 0.245 e. The number of anilines is 2. The molecule has 0 saturated carbocycles. The van der Waals surface area contributed by atoms with Crippen LogP contribution in [0.4, 0.5) is 11.4 Å². The molecule has 0 aliphatic heterocycles. The fourth-order valence-corrected chi connectivity index (χ4v) is 3.28. The van der Waals surface area contributed by atoms with Gasteiger partial charge in [0.05, 0.1) is 26.2 Å². The van der Waals surface area contributed by atoms with Crippen LogP contribution >= 0.6 is 0 Å². The Balaban J connectivity index is 2.33. The van der Waals surface area contributed by atoms with Gasteiger partial charge in [-0.15, -0.1) is 0 Å². The number of nitrogens with zero attached hydrogens (tertiary/aromatic N) is 1. The lowest BCUT2D eigenvalue weighted by Crippen LogP contribution is -2.37. The van der Waals surface area contributed by atoms with Crippen molar-refractivity contribution in [3.05, 3.63) is 48.0 Å². The second kappa shape index (κ2) is 8.09. The Labute approximate surface area is 153 Å². The van der Waals surface area contributed by atoms with Gasteiger partial charge in [0.25, 0.3) is 0 Å². The van der Waals surface area contributed by atoms with Gasteiger partial charge in [0.1, 0.15) is 18.0 Å². The average molecular weight is 378 g/mol. The molecule has 0 bridgehead atoms. The van der Waals surface area contributed by atoms with Crippen LogP contribution in [0.5, 0.6) is 11.5 Å². The van der Waals surface area contributed by atoms with Crippen molar-refractivity contribution in [1.29, 1.82) is 0 Å². The van der Waals surface area contributed by atoms with Crippen molar-refractivity contribution in [2.24, 2.45) is 0 Å². The Kier molecular flexibility index (Phi) is 6.10. The minimum Gasteiger partial charge on any atom is -0.497 e. The summed E-state index contributed by atoms with van der Waals surface area (Å²) in [4.78, 5) is 12.4. The lowest BCUT2D eigenvalue weighted by atomic mass is 10.2. The highest BCUT2D eigenvalue weighted by atomic mass is 32.2. The molecule has 140 valence electrons. The van der Waals surface area contributed by atoms with E-state index in [1.54, 1.807) is 24.3 Å². The molecule has 1 N–H and O–H groups in total. The van der Waals surface area contributed by atoms with Crippen LogP contribution in [0.25, 0.3) is 0 Å². The maximum atomic E-state index is 12.4. The van der Waals surface area contributed by atoms with Gasteiger partial charge in [-0.2, -0.15) is 0 Å². The average Bonchev–Trinajstić information content (AvgIpc) is 2.58. The Morgan fingerprint density at radius 2 is 1.85 bits per heavy atom. The molecule has 0 unspecified atom stereocenters. The number of nitrogens with one attached hydrogen (secondary N) is 1. The summed E-state index contributed by atoms with van der Waals surface area (Å²) in [5, 5.41) is 2.70. The number of rotatable bonds is 7. The normalized spacial score (nSPS) is 10.9. The van der Waals surface area contributed by atoms with E-state index >= 15 is 0 Å². The Morgan fingerprint density at radius 3 is 2.42 bits per heavy atom. The first-order chi connectivity index (χ1) is 12.2. The van der Waals surface area contributed by atoms with E-state index in [0.29, 0.717) is 17.2 Å². The summed E-state index contributed by atoms with van der Waals surface area (Å²) in [5.41, 5.74) is 1.81. The van der Waals surface area contributed by atoms with Gasteiger partial charge in [-0.1, -0.05) is 12.1 Å². The Hall–Kier alpha value is -2.74. The van der Waals surface area contributed by atoms with E-state index < -0.39 is 22.5 Å². The molecule has 8 heteroatoms. The molecule has 0 saturated heterocycles. The number of methoxy groups -OCH3 is 2. The van der Waals surface area contributed by atoms with Crippen LogP contribution in [0.1, 0.15) is 5.56 Å². The summed E-state index contributed by atoms with van der Waals surface area (Å²) in [5.74, 6) is 0.305. The molecule has 7 nitrogen and oxygen atoms in total. The number of aryl methyl sites for hydroxylation is 1. The molecule has 0 aliphatic rings. The van der Waals surface area contributed by atoms with Crippen molar-refractivity contribution in [2.75, 3.05) is 36.6 Å². The largest absolute Gasteiger partial charge is 0.497 e. The van der Waals surface area contributed by atoms with Crippen molar-refractivity contribution >= 4 is 27.3 Å². The minimum atomic E-state index is -3.73. The van der Waals surface area contributed by atoms with Gasteiger partial charge >= 0.3 is 0 Å². The second-order valence-electron chi connectivity index (χ2n) is 5.73. The number of carbonyl (C=O) groups excluding carboxylic acids is 1. The van der Waals surface area contributed by atoms with E-state index in [9.17, 15) is 13.2 Å². The van der Waals surface area contributed by atoms with Gasteiger partial charge in [-0.05, 0) is 36.8 Å². The number of amides is 1. The van der Waals surface area contributed by atoms with Gasteiger partial charge in [-0.3, -0.25) is 9.10 Å². The monoisotopic (exact) mass is 378 g/mol. The Morgan fingerprint density at radius 1 is 1.12 bits per heavy atom. The van der Waals surface area contributed by atoms with Crippen molar-refractivity contribution in [3.63, 3.8) is 0 Å². The van der Waals surface area contributed by atoms with Crippen molar-refractivity contribution in [3.8, 4) is 11.5 Å². The molecule has 0 radical (unpaired) electrons. The molecule has 0 spiro atoms. The SMILES string of the molecule is COc1ccc(OC)c(N(CC(=O)Nc2cccc(C)c2)S(C)(=O)=O)c1. The fraction of sp³-hybridized carbons (Fsp3) is 0.278. The van der Waals surface area contributed by atoms with E-state index in [1.165, 1.54) is 20.3 Å². The van der Waals surface area contributed by atoms with Crippen LogP contribution < -0.4 is 19.1 Å². The highest BCUT2D eigenvalue weighted by molar-refractivity contribution is 7.92. The molecule has 1 amide bonds. The fourth-order valence-electron chi connectivity index (χ4n) is 2.43. The summed E-state index contributed by atoms with van der Waals surface area (Å²) >= 11 is 0. The second-order valence-corrected chi connectivity index (χ2v) is 7.63. The molecule has 2 aromatic carbocycles. The number of hydrogen-bond donors (Lipinski definition) is 1. The van der Waals surface area contributed by atoms with Gasteiger partial charge in [0.2, 0.25) is 15.9 Å². The molecule has 2 rings (SSSR count). The van der Waals surface area contributed by atoms with Gasteiger partial charge in [0, 0.05) is 11.8 Å². The number of ether oxygens (including phenoxy) is 2. The van der Waals surface area contributed by atoms with Gasteiger partial charge in [0.15, 0.2) is 0 Å². The molecule has 0 aromatic heterocycles. The molecule has 0 atom stereocenters. The molecule has 26 heavy (non-hydrogen) atoms. The highest BCUT2D eigenvalue weighted by Crippen LogP contribution is 2.33. The summed E-state index contributed by atoms with van der Waals surface area (Å²) in [7, 11) is -0.832. The van der Waals surface area contributed by atoms with Crippen LogP contribution in [-0.4, -0.2) is 41.3 Å². The number of sulfonamides is 1. The van der Waals surface area contributed by atoms with Gasteiger partial charge < -0.3 is 14.8 Å². The van der Waals surface area contributed by atoms with Crippen LogP contribution in [-0.2, 0) is 14.8 Å². The quantitative estimate of drug-likeness (QED) is 0.800. The highest BCUT2D eigenvalue weighted by Gasteiger charge is 2.24. The lowest BCUT2D eigenvalue weighted by molar-refractivity contribution is -0.114. The van der Waals surface area contributed by atoms with Gasteiger partial charge in [-0.25, -0.2) is 8.42 Å².